The van der Waals surface area contributed by atoms with E-state index in [2.05, 4.69) is 16.0 Å². The number of aliphatic hydroxyl groups is 1. The Bertz CT molecular complexity index is 399. The van der Waals surface area contributed by atoms with Gasteiger partial charge in [-0.25, -0.2) is 0 Å². The second kappa shape index (κ2) is 8.47. The number of aromatic nitrogens is 1. The summed E-state index contributed by atoms with van der Waals surface area (Å²) in [6.07, 6.45) is 7.24. The minimum absolute atomic E-state index is 0.0703. The molecule has 2 heterocycles. The molecule has 4 nitrogen and oxygen atoms in total. The van der Waals surface area contributed by atoms with Gasteiger partial charge in [0.15, 0.2) is 0 Å². The zero-order valence-electron chi connectivity index (χ0n) is 13.1. The van der Waals surface area contributed by atoms with Crippen LogP contribution in [-0.4, -0.2) is 54.9 Å². The fraction of sp³-hybridized carbons (Fsp3) is 0.706. The average molecular weight is 292 g/mol. The maximum Gasteiger partial charge on any atom is 0.0499 e. The molecule has 0 unspecified atom stereocenters. The Kier molecular flexibility index (Phi) is 6.61. The Labute approximate surface area is 128 Å². The molecule has 1 fully saturated rings. The summed E-state index contributed by atoms with van der Waals surface area (Å²) in [5, 5.41) is 9.86. The summed E-state index contributed by atoms with van der Waals surface area (Å²) < 4.78 is 5.15. The number of hydrogen-bond donors (Lipinski definition) is 1. The maximum atomic E-state index is 9.86. The largest absolute Gasteiger partial charge is 0.396 e. The van der Waals surface area contributed by atoms with Crippen molar-refractivity contribution in [3.05, 3.63) is 30.1 Å². The number of rotatable bonds is 8. The van der Waals surface area contributed by atoms with Crippen LogP contribution >= 0.6 is 0 Å². The summed E-state index contributed by atoms with van der Waals surface area (Å²) in [5.74, 6) is 0. The van der Waals surface area contributed by atoms with Gasteiger partial charge in [0.2, 0.25) is 0 Å². The Morgan fingerprint density at radius 2 is 2.33 bits per heavy atom. The zero-order valence-corrected chi connectivity index (χ0v) is 13.1. The highest BCUT2D eigenvalue weighted by Crippen LogP contribution is 2.34. The summed E-state index contributed by atoms with van der Waals surface area (Å²) in [5.41, 5.74) is 1.22. The Hall–Kier alpha value is -0.970. The van der Waals surface area contributed by atoms with Crippen molar-refractivity contribution in [3.8, 4) is 0 Å². The van der Waals surface area contributed by atoms with Gasteiger partial charge in [0.1, 0.15) is 0 Å². The second-order valence-electron chi connectivity index (χ2n) is 6.21. The molecule has 1 saturated heterocycles. The minimum atomic E-state index is 0.0703. The van der Waals surface area contributed by atoms with E-state index in [1.165, 1.54) is 6.42 Å². The lowest BCUT2D eigenvalue weighted by molar-refractivity contribution is 0.0194. The Morgan fingerprint density at radius 3 is 3.05 bits per heavy atom. The molecule has 1 aromatic rings. The highest BCUT2D eigenvalue weighted by atomic mass is 16.5. The average Bonchev–Trinajstić information content (AvgIpc) is 2.54. The van der Waals surface area contributed by atoms with Crippen molar-refractivity contribution in [1.29, 1.82) is 0 Å². The topological polar surface area (TPSA) is 45.6 Å². The fourth-order valence-corrected chi connectivity index (χ4v) is 3.32. The van der Waals surface area contributed by atoms with E-state index in [-0.39, 0.29) is 12.0 Å². The summed E-state index contributed by atoms with van der Waals surface area (Å²) in [4.78, 5) is 6.88. The van der Waals surface area contributed by atoms with E-state index >= 15 is 0 Å². The smallest absolute Gasteiger partial charge is 0.0499 e. The van der Waals surface area contributed by atoms with E-state index in [0.29, 0.717) is 0 Å². The number of hydrogen-bond acceptors (Lipinski definition) is 4. The number of ether oxygens (including phenoxy) is 1. The van der Waals surface area contributed by atoms with E-state index in [0.717, 1.165) is 57.6 Å². The third-order valence-electron chi connectivity index (χ3n) is 4.54. The van der Waals surface area contributed by atoms with Gasteiger partial charge in [-0.1, -0.05) is 6.07 Å². The van der Waals surface area contributed by atoms with Crippen molar-refractivity contribution < 1.29 is 9.84 Å². The van der Waals surface area contributed by atoms with Gasteiger partial charge in [-0.05, 0) is 44.4 Å². The summed E-state index contributed by atoms with van der Waals surface area (Å²) >= 11 is 0. The second-order valence-corrected chi connectivity index (χ2v) is 6.21. The first-order chi connectivity index (χ1) is 10.3. The van der Waals surface area contributed by atoms with Gasteiger partial charge in [-0.15, -0.1) is 0 Å². The summed E-state index contributed by atoms with van der Waals surface area (Å²) in [6, 6.07) is 6.08. The standard InChI is InChI=1S/C17H28N2O2/c1-21-13-5-9-17(15-20)8-4-11-19(14-17)12-7-16-6-2-3-10-18-16/h2-3,6,10,20H,4-5,7-9,11-15H2,1H3/t17-/m0/s1. The molecule has 118 valence electrons. The lowest BCUT2D eigenvalue weighted by Gasteiger charge is -2.42. The molecule has 21 heavy (non-hydrogen) atoms. The third-order valence-corrected chi connectivity index (χ3v) is 4.54. The quantitative estimate of drug-likeness (QED) is 0.746. The van der Waals surface area contributed by atoms with Crippen LogP contribution in [0.25, 0.3) is 0 Å². The van der Waals surface area contributed by atoms with E-state index in [9.17, 15) is 5.11 Å². The van der Waals surface area contributed by atoms with Crippen molar-refractivity contribution >= 4 is 0 Å². The first-order valence-corrected chi connectivity index (χ1v) is 8.00. The lowest BCUT2D eigenvalue weighted by atomic mass is 9.77. The van der Waals surface area contributed by atoms with Crippen LogP contribution in [0.15, 0.2) is 24.4 Å². The monoisotopic (exact) mass is 292 g/mol. The molecule has 0 aromatic carbocycles. The molecule has 0 amide bonds. The fourth-order valence-electron chi connectivity index (χ4n) is 3.32. The predicted octanol–water partition coefficient (Wildman–Crippen LogP) is 2.13. The van der Waals surface area contributed by atoms with Crippen LogP contribution in [0.3, 0.4) is 0 Å². The zero-order chi connectivity index (χ0) is 15.0. The van der Waals surface area contributed by atoms with Crippen LogP contribution in [0.5, 0.6) is 0 Å². The van der Waals surface area contributed by atoms with Gasteiger partial charge in [0.05, 0.1) is 0 Å². The van der Waals surface area contributed by atoms with Crippen molar-refractivity contribution in [3.63, 3.8) is 0 Å². The molecule has 0 spiro atoms. The normalized spacial score (nSPS) is 23.3. The number of aliphatic hydroxyl groups excluding tert-OH is 1. The van der Waals surface area contributed by atoms with Gasteiger partial charge in [0, 0.05) is 57.1 Å². The Morgan fingerprint density at radius 1 is 1.43 bits per heavy atom. The molecule has 1 aliphatic rings. The number of pyridine rings is 1. The van der Waals surface area contributed by atoms with Crippen molar-refractivity contribution in [2.45, 2.75) is 32.1 Å². The van der Waals surface area contributed by atoms with Crippen molar-refractivity contribution in [2.75, 3.05) is 40.0 Å². The first-order valence-electron chi connectivity index (χ1n) is 8.00. The van der Waals surface area contributed by atoms with E-state index < -0.39 is 0 Å². The number of piperidine rings is 1. The molecule has 4 heteroatoms. The highest BCUT2D eigenvalue weighted by Gasteiger charge is 2.34. The van der Waals surface area contributed by atoms with Crippen molar-refractivity contribution in [1.82, 2.24) is 9.88 Å². The molecule has 1 N–H and O–H groups in total. The third kappa shape index (κ3) is 5.06. The van der Waals surface area contributed by atoms with Gasteiger partial charge in [-0.2, -0.15) is 0 Å². The first kappa shape index (κ1) is 16.4. The lowest BCUT2D eigenvalue weighted by Crippen LogP contribution is -2.46. The van der Waals surface area contributed by atoms with Crippen molar-refractivity contribution in [2.24, 2.45) is 5.41 Å². The van der Waals surface area contributed by atoms with Crippen LogP contribution in [0, 0.1) is 5.41 Å². The molecule has 0 saturated carbocycles. The maximum absolute atomic E-state index is 9.86. The van der Waals surface area contributed by atoms with Crippen LogP contribution in [0.1, 0.15) is 31.4 Å². The van der Waals surface area contributed by atoms with E-state index in [4.69, 9.17) is 4.74 Å². The molecular formula is C17H28N2O2. The van der Waals surface area contributed by atoms with Gasteiger partial charge < -0.3 is 14.7 Å². The molecule has 2 rings (SSSR count). The van der Waals surface area contributed by atoms with E-state index in [1.54, 1.807) is 7.11 Å². The molecule has 0 aliphatic carbocycles. The van der Waals surface area contributed by atoms with Crippen LogP contribution in [-0.2, 0) is 11.2 Å². The molecule has 1 aliphatic heterocycles. The SMILES string of the molecule is COCCC[C@@]1(CO)CCCN(CCc2ccccn2)C1. The number of likely N-dealkylation sites (tertiary alicyclic amines) is 1. The summed E-state index contributed by atoms with van der Waals surface area (Å²) in [6.45, 7) is 4.24. The van der Waals surface area contributed by atoms with Gasteiger partial charge >= 0.3 is 0 Å². The van der Waals surface area contributed by atoms with Gasteiger partial charge in [0.25, 0.3) is 0 Å². The summed E-state index contributed by atoms with van der Waals surface area (Å²) in [7, 11) is 1.74. The molecule has 1 atom stereocenters. The number of methoxy groups -OCH3 is 1. The highest BCUT2D eigenvalue weighted by molar-refractivity contribution is 5.04. The molecular weight excluding hydrogens is 264 g/mol. The van der Waals surface area contributed by atoms with Gasteiger partial charge in [-0.3, -0.25) is 4.98 Å². The molecule has 0 bridgehead atoms. The number of nitrogens with zero attached hydrogens (tertiary/aromatic N) is 2. The van der Waals surface area contributed by atoms with Crippen LogP contribution < -0.4 is 0 Å². The van der Waals surface area contributed by atoms with E-state index in [1.807, 2.05) is 18.3 Å². The Balaban J connectivity index is 1.83. The molecule has 1 aromatic heterocycles. The molecule has 0 radical (unpaired) electrons. The van der Waals surface area contributed by atoms with Crippen LogP contribution in [0.4, 0.5) is 0 Å². The predicted molar refractivity (Wildman–Crippen MR) is 84.2 cm³/mol. The minimum Gasteiger partial charge on any atom is -0.396 e. The van der Waals surface area contributed by atoms with Crippen LogP contribution in [0.2, 0.25) is 0 Å².